The smallest absolute Gasteiger partial charge is 0.357 e. The van der Waals surface area contributed by atoms with Gasteiger partial charge >= 0.3 is 22.9 Å². The maximum absolute atomic E-state index is 11.6. The molecular weight excluding hydrogens is 370 g/mol. The fraction of sp³-hybridized carbons (Fsp3) is 0.0556. The Morgan fingerprint density at radius 3 is 2.57 bits per heavy atom. The molecule has 0 fully saturated rings. The number of hydrogen-bond acceptors (Lipinski definition) is 6. The summed E-state index contributed by atoms with van der Waals surface area (Å²) < 4.78 is 5.65. The second-order valence-electron chi connectivity index (χ2n) is 5.80. The summed E-state index contributed by atoms with van der Waals surface area (Å²) in [7, 11) is 0. The molecule has 0 aliphatic rings. The lowest BCUT2D eigenvalue weighted by Gasteiger charge is -2.03. The highest BCUT2D eigenvalue weighted by Crippen LogP contribution is 2.27. The molecule has 2 heterocycles. The lowest BCUT2D eigenvalue weighted by Crippen LogP contribution is -2.25. The lowest BCUT2D eigenvalue weighted by atomic mass is 10.0. The van der Waals surface area contributed by atoms with Crippen molar-refractivity contribution in [2.45, 2.75) is 6.92 Å². The van der Waals surface area contributed by atoms with Gasteiger partial charge in [-0.1, -0.05) is 6.07 Å². The van der Waals surface area contributed by atoms with Gasteiger partial charge in [-0.3, -0.25) is 19.9 Å². The molecule has 28 heavy (non-hydrogen) atoms. The number of carboxylic acid groups (broad SMARTS) is 1. The first-order valence-electron chi connectivity index (χ1n) is 7.89. The number of aromatic carboxylic acids is 1. The number of aryl methyl sites for hydroxylation is 1. The van der Waals surface area contributed by atoms with E-state index in [0.717, 1.165) is 0 Å². The topological polar surface area (TPSA) is 159 Å². The van der Waals surface area contributed by atoms with Gasteiger partial charge in [-0.15, -0.1) is 0 Å². The summed E-state index contributed by atoms with van der Waals surface area (Å²) in [5.41, 5.74) is -1.51. The van der Waals surface area contributed by atoms with Gasteiger partial charge in [0.15, 0.2) is 0 Å². The van der Waals surface area contributed by atoms with Crippen LogP contribution in [0.1, 0.15) is 27.4 Å². The molecule has 0 spiro atoms. The number of nitrogens with one attached hydrogen (secondary N) is 2. The minimum absolute atomic E-state index is 0.151. The number of carbonyl (C=O) groups is 1. The van der Waals surface area contributed by atoms with E-state index in [4.69, 9.17) is 9.52 Å². The van der Waals surface area contributed by atoms with E-state index in [1.807, 2.05) is 0 Å². The highest BCUT2D eigenvalue weighted by Gasteiger charge is 2.19. The van der Waals surface area contributed by atoms with Crippen molar-refractivity contribution in [1.82, 2.24) is 9.97 Å². The zero-order valence-corrected chi connectivity index (χ0v) is 14.4. The Hall–Kier alpha value is -4.21. The van der Waals surface area contributed by atoms with Crippen molar-refractivity contribution in [2.75, 3.05) is 0 Å². The zero-order chi connectivity index (χ0) is 20.4. The van der Waals surface area contributed by atoms with Crippen LogP contribution in [-0.4, -0.2) is 26.0 Å². The maximum Gasteiger partial charge on any atom is 0.357 e. The Balaban J connectivity index is 1.94. The zero-order valence-electron chi connectivity index (χ0n) is 14.4. The molecule has 0 unspecified atom stereocenters. The summed E-state index contributed by atoms with van der Waals surface area (Å²) in [4.78, 5) is 48.1. The summed E-state index contributed by atoms with van der Waals surface area (Å²) in [6.45, 7) is 1.74. The predicted molar refractivity (Wildman–Crippen MR) is 99.1 cm³/mol. The normalized spacial score (nSPS) is 11.0. The molecule has 142 valence electrons. The van der Waals surface area contributed by atoms with Crippen LogP contribution in [0.4, 0.5) is 5.69 Å². The van der Waals surface area contributed by atoms with Gasteiger partial charge in [0.2, 0.25) is 0 Å². The van der Waals surface area contributed by atoms with E-state index in [1.165, 1.54) is 24.3 Å². The van der Waals surface area contributed by atoms with Gasteiger partial charge in [0.25, 0.3) is 0 Å². The van der Waals surface area contributed by atoms with Crippen LogP contribution in [0.3, 0.4) is 0 Å². The van der Waals surface area contributed by atoms with E-state index >= 15 is 0 Å². The number of furan rings is 1. The van der Waals surface area contributed by atoms with Crippen LogP contribution in [0.2, 0.25) is 0 Å². The van der Waals surface area contributed by atoms with Crippen molar-refractivity contribution < 1.29 is 19.2 Å². The van der Waals surface area contributed by atoms with E-state index in [2.05, 4.69) is 4.98 Å². The SMILES string of the molecule is Cc1cc(C(=O)O)ccc1-c1ccc(/C=C/c2[nH]c(=O)[nH]c(=O)c2[N+](=O)[O-])o1. The third kappa shape index (κ3) is 3.65. The maximum atomic E-state index is 11.6. The van der Waals surface area contributed by atoms with Crippen LogP contribution in [-0.2, 0) is 0 Å². The van der Waals surface area contributed by atoms with Crippen LogP contribution in [0, 0.1) is 17.0 Å². The Bertz CT molecular complexity index is 1230. The molecule has 0 bridgehead atoms. The van der Waals surface area contributed by atoms with E-state index in [0.29, 0.717) is 22.6 Å². The number of nitro groups is 1. The number of carboxylic acids is 1. The van der Waals surface area contributed by atoms with E-state index in [-0.39, 0.29) is 11.3 Å². The van der Waals surface area contributed by atoms with E-state index in [9.17, 15) is 24.5 Å². The van der Waals surface area contributed by atoms with Crippen molar-refractivity contribution in [3.05, 3.63) is 83.9 Å². The van der Waals surface area contributed by atoms with Crippen LogP contribution in [0.15, 0.2) is 44.3 Å². The van der Waals surface area contributed by atoms with Crippen LogP contribution in [0.25, 0.3) is 23.5 Å². The van der Waals surface area contributed by atoms with E-state index < -0.39 is 27.8 Å². The van der Waals surface area contributed by atoms with Gasteiger partial charge in [0.05, 0.1) is 10.5 Å². The molecule has 1 aromatic carbocycles. The molecule has 2 aromatic heterocycles. The second-order valence-corrected chi connectivity index (χ2v) is 5.80. The molecular formula is C18H13N3O7. The fourth-order valence-electron chi connectivity index (χ4n) is 2.63. The molecule has 0 radical (unpaired) electrons. The van der Waals surface area contributed by atoms with Gasteiger partial charge in [0, 0.05) is 5.56 Å². The number of nitrogens with zero attached hydrogens (tertiary/aromatic N) is 1. The van der Waals surface area contributed by atoms with Gasteiger partial charge in [-0.2, -0.15) is 0 Å². The summed E-state index contributed by atoms with van der Waals surface area (Å²) >= 11 is 0. The number of aromatic nitrogens is 2. The Morgan fingerprint density at radius 1 is 1.18 bits per heavy atom. The first kappa shape index (κ1) is 18.6. The van der Waals surface area contributed by atoms with Gasteiger partial charge in [-0.25, -0.2) is 9.59 Å². The Kier molecular flexibility index (Phi) is 4.77. The van der Waals surface area contributed by atoms with Crippen LogP contribution >= 0.6 is 0 Å². The predicted octanol–water partition coefficient (Wildman–Crippen LogP) is 2.41. The number of rotatable bonds is 5. The Morgan fingerprint density at radius 2 is 1.93 bits per heavy atom. The molecule has 3 rings (SSSR count). The van der Waals surface area contributed by atoms with Crippen molar-refractivity contribution in [2.24, 2.45) is 0 Å². The number of H-pyrrole nitrogens is 2. The summed E-state index contributed by atoms with van der Waals surface area (Å²) in [5, 5.41) is 20.1. The van der Waals surface area contributed by atoms with Gasteiger partial charge in [-0.05, 0) is 48.9 Å². The molecule has 10 nitrogen and oxygen atoms in total. The molecule has 0 saturated carbocycles. The molecule has 0 saturated heterocycles. The molecule has 0 atom stereocenters. The monoisotopic (exact) mass is 383 g/mol. The molecule has 0 amide bonds. The number of aromatic amines is 2. The first-order valence-corrected chi connectivity index (χ1v) is 7.89. The quantitative estimate of drug-likeness (QED) is 0.450. The molecule has 0 aliphatic carbocycles. The lowest BCUT2D eigenvalue weighted by molar-refractivity contribution is -0.386. The fourth-order valence-corrected chi connectivity index (χ4v) is 2.63. The highest BCUT2D eigenvalue weighted by molar-refractivity contribution is 5.88. The minimum Gasteiger partial charge on any atom is -0.478 e. The van der Waals surface area contributed by atoms with Crippen molar-refractivity contribution in [3.8, 4) is 11.3 Å². The average Bonchev–Trinajstić information content (AvgIpc) is 3.07. The largest absolute Gasteiger partial charge is 0.478 e. The number of hydrogen-bond donors (Lipinski definition) is 3. The van der Waals surface area contributed by atoms with Crippen molar-refractivity contribution in [1.29, 1.82) is 0 Å². The molecule has 0 aliphatic heterocycles. The molecule has 3 N–H and O–H groups in total. The molecule has 3 aromatic rings. The standard InChI is InChI=1S/C18H13N3O7/c1-9-8-10(17(23)24)2-5-12(9)14-7-4-11(28-14)3-6-13-15(21(26)27)16(22)20-18(25)19-13/h2-8H,1H3,(H,23,24)(H2,19,20,22,25)/b6-3+. The Labute approximate surface area is 155 Å². The summed E-state index contributed by atoms with van der Waals surface area (Å²) in [6.07, 6.45) is 2.56. The van der Waals surface area contributed by atoms with Gasteiger partial charge < -0.3 is 14.5 Å². The van der Waals surface area contributed by atoms with Crippen molar-refractivity contribution >= 4 is 23.8 Å². The van der Waals surface area contributed by atoms with Crippen molar-refractivity contribution in [3.63, 3.8) is 0 Å². The van der Waals surface area contributed by atoms with Crippen LogP contribution in [0.5, 0.6) is 0 Å². The second kappa shape index (κ2) is 7.19. The highest BCUT2D eigenvalue weighted by atomic mass is 16.6. The molecule has 10 heteroatoms. The average molecular weight is 383 g/mol. The number of benzene rings is 1. The third-order valence-electron chi connectivity index (χ3n) is 3.91. The third-order valence-corrected chi connectivity index (χ3v) is 3.91. The van der Waals surface area contributed by atoms with Crippen LogP contribution < -0.4 is 11.2 Å². The van der Waals surface area contributed by atoms with Gasteiger partial charge in [0.1, 0.15) is 17.2 Å². The van der Waals surface area contributed by atoms with E-state index in [1.54, 1.807) is 30.1 Å². The first-order chi connectivity index (χ1) is 13.3. The minimum atomic E-state index is -1.11. The summed E-state index contributed by atoms with van der Waals surface area (Å²) in [5.74, 6) is -0.263. The summed E-state index contributed by atoms with van der Waals surface area (Å²) in [6, 6.07) is 7.82.